The van der Waals surface area contributed by atoms with E-state index in [4.69, 9.17) is 0 Å². The van der Waals surface area contributed by atoms with Gasteiger partial charge in [0.05, 0.1) is 4.91 Å². The van der Waals surface area contributed by atoms with Crippen LogP contribution in [0, 0.1) is 28.6 Å². The Balaban J connectivity index is 1.79. The summed E-state index contributed by atoms with van der Waals surface area (Å²) in [4.78, 5) is 25.1. The van der Waals surface area contributed by atoms with Gasteiger partial charge in [-0.05, 0) is 66.4 Å². The lowest BCUT2D eigenvalue weighted by atomic mass is 9.46. The van der Waals surface area contributed by atoms with Crippen molar-refractivity contribution in [2.24, 2.45) is 28.6 Å². The number of allylic oxidation sites excluding steroid dienone is 2. The number of rotatable bonds is 0. The molecule has 0 heterocycles. The fourth-order valence-electron chi connectivity index (χ4n) is 6.47. The number of ketones is 2. The van der Waals surface area contributed by atoms with Crippen LogP contribution in [0.1, 0.15) is 52.4 Å². The molecule has 3 saturated carbocycles. The van der Waals surface area contributed by atoms with Gasteiger partial charge in [0.1, 0.15) is 0 Å². The van der Waals surface area contributed by atoms with Gasteiger partial charge in [0, 0.05) is 11.8 Å². The Morgan fingerprint density at radius 2 is 1.88 bits per heavy atom. The van der Waals surface area contributed by atoms with Gasteiger partial charge in [-0.3, -0.25) is 9.59 Å². The topological polar surface area (TPSA) is 34.1 Å². The number of thiol groups is 1. The van der Waals surface area contributed by atoms with Gasteiger partial charge in [0.15, 0.2) is 17.7 Å². The largest absolute Gasteiger partial charge is 0.296 e. The Hall–Kier alpha value is -0.900. The summed E-state index contributed by atoms with van der Waals surface area (Å²) < 4.78 is 14.2. The number of alkyl halides is 1. The molecule has 0 radical (unpaired) electrons. The van der Waals surface area contributed by atoms with Gasteiger partial charge in [-0.2, -0.15) is 0 Å². The molecule has 4 heteroatoms. The molecule has 3 fully saturated rings. The van der Waals surface area contributed by atoms with Gasteiger partial charge in [0.25, 0.3) is 0 Å². The predicted octanol–water partition coefficient (Wildman–Crippen LogP) is 4.46. The number of carbonyl (C=O) groups excluding carboxylic acids is 2. The molecule has 0 spiro atoms. The van der Waals surface area contributed by atoms with Crippen molar-refractivity contribution in [3.05, 3.63) is 22.6 Å². The SMILES string of the molecule is C=C1C[C@@H]2[C@H](CC[C@]3(C)C(=O)C(F)C[C@@H]23)[C@@]2(C)CCC(=O)C(S)=C12. The molecule has 0 aromatic heterocycles. The molecule has 0 aliphatic heterocycles. The normalized spacial score (nSPS) is 48.2. The second kappa shape index (κ2) is 5.06. The van der Waals surface area contributed by atoms with Crippen LogP contribution in [0.25, 0.3) is 0 Å². The maximum atomic E-state index is 14.2. The molecule has 2 nitrogen and oxygen atoms in total. The van der Waals surface area contributed by atoms with E-state index in [0.717, 1.165) is 36.8 Å². The maximum Gasteiger partial charge on any atom is 0.173 e. The Morgan fingerprint density at radius 1 is 1.17 bits per heavy atom. The van der Waals surface area contributed by atoms with Crippen LogP contribution >= 0.6 is 12.6 Å². The van der Waals surface area contributed by atoms with Crippen LogP contribution in [0.5, 0.6) is 0 Å². The molecule has 4 rings (SSSR count). The summed E-state index contributed by atoms with van der Waals surface area (Å²) >= 11 is 4.52. The Kier molecular flexibility index (Phi) is 3.49. The molecule has 0 amide bonds. The molecule has 6 atom stereocenters. The third-order valence-electron chi connectivity index (χ3n) is 7.73. The lowest BCUT2D eigenvalue weighted by Gasteiger charge is -2.57. The molecule has 130 valence electrons. The average molecular weight is 348 g/mol. The summed E-state index contributed by atoms with van der Waals surface area (Å²) in [6.07, 6.45) is 2.88. The first-order valence-electron chi connectivity index (χ1n) is 9.03. The van der Waals surface area contributed by atoms with E-state index in [-0.39, 0.29) is 22.9 Å². The highest BCUT2D eigenvalue weighted by Crippen LogP contribution is 2.66. The molecular formula is C20H25FO2S. The summed E-state index contributed by atoms with van der Waals surface area (Å²) in [6.45, 7) is 8.47. The molecule has 0 N–H and O–H groups in total. The van der Waals surface area contributed by atoms with E-state index in [0.29, 0.717) is 29.6 Å². The Morgan fingerprint density at radius 3 is 2.58 bits per heavy atom. The van der Waals surface area contributed by atoms with Crippen LogP contribution in [-0.4, -0.2) is 17.7 Å². The van der Waals surface area contributed by atoms with Crippen molar-refractivity contribution in [3.63, 3.8) is 0 Å². The van der Waals surface area contributed by atoms with Crippen LogP contribution < -0.4 is 0 Å². The molecule has 24 heavy (non-hydrogen) atoms. The van der Waals surface area contributed by atoms with Gasteiger partial charge in [-0.25, -0.2) is 4.39 Å². The van der Waals surface area contributed by atoms with Gasteiger partial charge in [-0.1, -0.05) is 20.4 Å². The number of halogens is 1. The van der Waals surface area contributed by atoms with E-state index in [1.54, 1.807) is 0 Å². The zero-order chi connectivity index (χ0) is 17.4. The first kappa shape index (κ1) is 16.6. The Labute approximate surface area is 148 Å². The van der Waals surface area contributed by atoms with Crippen molar-refractivity contribution >= 4 is 24.2 Å². The number of fused-ring (bicyclic) bond motifs is 5. The second-order valence-electron chi connectivity index (χ2n) is 8.77. The van der Waals surface area contributed by atoms with Crippen LogP contribution in [0.3, 0.4) is 0 Å². The molecule has 4 aliphatic rings. The van der Waals surface area contributed by atoms with E-state index in [1.807, 2.05) is 6.92 Å². The maximum absolute atomic E-state index is 14.2. The smallest absolute Gasteiger partial charge is 0.173 e. The minimum Gasteiger partial charge on any atom is -0.296 e. The molecule has 0 aromatic carbocycles. The van der Waals surface area contributed by atoms with Gasteiger partial charge in [-0.15, -0.1) is 12.6 Å². The summed E-state index contributed by atoms with van der Waals surface area (Å²) in [5.41, 5.74) is 1.42. The van der Waals surface area contributed by atoms with Crippen LogP contribution in [0.4, 0.5) is 4.39 Å². The molecule has 0 bridgehead atoms. The zero-order valence-electron chi connectivity index (χ0n) is 14.4. The predicted molar refractivity (Wildman–Crippen MR) is 94.4 cm³/mol. The monoisotopic (exact) mass is 348 g/mol. The fraction of sp³-hybridized carbons (Fsp3) is 0.700. The summed E-state index contributed by atoms with van der Waals surface area (Å²) in [5.74, 6) is 0.728. The van der Waals surface area contributed by atoms with Crippen molar-refractivity contribution in [1.82, 2.24) is 0 Å². The standard InChI is InChI=1S/C20H25FO2S/c1-10-8-11-12(19(2)7-5-15(22)17(24)16(10)19)4-6-20(3)13(11)9-14(21)18(20)23/h11-14,24H,1,4-9H2,2-3H3/t11-,12+,13+,14?,19-,20+/m1/s1. The third-order valence-corrected chi connectivity index (χ3v) is 8.21. The minimum atomic E-state index is -1.30. The molecule has 0 saturated heterocycles. The lowest BCUT2D eigenvalue weighted by Crippen LogP contribution is -2.51. The first-order valence-corrected chi connectivity index (χ1v) is 9.48. The van der Waals surface area contributed by atoms with E-state index in [2.05, 4.69) is 26.1 Å². The summed E-state index contributed by atoms with van der Waals surface area (Å²) in [5, 5.41) is 0. The third kappa shape index (κ3) is 1.89. The average Bonchev–Trinajstić information content (AvgIpc) is 2.75. The number of hydrogen-bond acceptors (Lipinski definition) is 3. The van der Waals surface area contributed by atoms with Gasteiger partial charge >= 0.3 is 0 Å². The van der Waals surface area contributed by atoms with Crippen LogP contribution in [-0.2, 0) is 9.59 Å². The first-order chi connectivity index (χ1) is 11.2. The highest BCUT2D eigenvalue weighted by molar-refractivity contribution is 7.85. The lowest BCUT2D eigenvalue weighted by molar-refractivity contribution is -0.134. The quantitative estimate of drug-likeness (QED) is 0.656. The number of hydrogen-bond donors (Lipinski definition) is 1. The highest BCUT2D eigenvalue weighted by atomic mass is 32.1. The highest BCUT2D eigenvalue weighted by Gasteiger charge is 2.62. The Bertz CT molecular complexity index is 696. The molecule has 0 aromatic rings. The van der Waals surface area contributed by atoms with E-state index >= 15 is 0 Å². The van der Waals surface area contributed by atoms with Crippen LogP contribution in [0.2, 0.25) is 0 Å². The summed E-state index contributed by atoms with van der Waals surface area (Å²) in [7, 11) is 0. The zero-order valence-corrected chi connectivity index (χ0v) is 15.3. The number of carbonyl (C=O) groups is 2. The van der Waals surface area contributed by atoms with Crippen molar-refractivity contribution in [1.29, 1.82) is 0 Å². The van der Waals surface area contributed by atoms with Gasteiger partial charge in [0.2, 0.25) is 0 Å². The van der Waals surface area contributed by atoms with Crippen LogP contribution in [0.15, 0.2) is 22.6 Å². The van der Waals surface area contributed by atoms with Crippen molar-refractivity contribution < 1.29 is 14.0 Å². The van der Waals surface area contributed by atoms with E-state index < -0.39 is 11.6 Å². The molecular weight excluding hydrogens is 323 g/mol. The van der Waals surface area contributed by atoms with Crippen molar-refractivity contribution in [2.75, 3.05) is 0 Å². The summed E-state index contributed by atoms with van der Waals surface area (Å²) in [6, 6.07) is 0. The van der Waals surface area contributed by atoms with E-state index in [9.17, 15) is 14.0 Å². The van der Waals surface area contributed by atoms with Crippen molar-refractivity contribution in [3.8, 4) is 0 Å². The number of Topliss-reactive ketones (excluding diaryl/α,β-unsaturated/α-hetero) is 2. The van der Waals surface area contributed by atoms with Crippen molar-refractivity contribution in [2.45, 2.75) is 58.5 Å². The van der Waals surface area contributed by atoms with Gasteiger partial charge < -0.3 is 0 Å². The van der Waals surface area contributed by atoms with E-state index in [1.165, 1.54) is 0 Å². The molecule has 1 unspecified atom stereocenters. The minimum absolute atomic E-state index is 0.106. The molecule has 4 aliphatic carbocycles. The fourth-order valence-corrected chi connectivity index (χ4v) is 6.99. The second-order valence-corrected chi connectivity index (χ2v) is 9.22.